The van der Waals surface area contributed by atoms with Gasteiger partial charge in [-0.25, -0.2) is 0 Å². The van der Waals surface area contributed by atoms with E-state index in [1.807, 2.05) is 30.3 Å². The molecule has 0 atom stereocenters. The van der Waals surface area contributed by atoms with Gasteiger partial charge in [-0.05, 0) is 47.9 Å². The maximum Gasteiger partial charge on any atom is 0.221 e. The summed E-state index contributed by atoms with van der Waals surface area (Å²) in [5, 5.41) is 2.76. The molecule has 0 bridgehead atoms. The predicted molar refractivity (Wildman–Crippen MR) is 104 cm³/mol. The summed E-state index contributed by atoms with van der Waals surface area (Å²) in [6, 6.07) is 16.1. The average Bonchev–Trinajstić information content (AvgIpc) is 2.59. The smallest absolute Gasteiger partial charge is 0.221 e. The van der Waals surface area contributed by atoms with Crippen LogP contribution in [-0.4, -0.2) is 19.5 Å². The number of carbonyl (C=O) groups is 1. The third-order valence-electron chi connectivity index (χ3n) is 3.86. The van der Waals surface area contributed by atoms with E-state index in [0.29, 0.717) is 0 Å². The summed E-state index contributed by atoms with van der Waals surface area (Å²) >= 11 is 0. The molecule has 3 nitrogen and oxygen atoms in total. The third-order valence-corrected chi connectivity index (χ3v) is 3.86. The summed E-state index contributed by atoms with van der Waals surface area (Å²) in [5.41, 5.74) is 5.10. The van der Waals surface area contributed by atoms with Gasteiger partial charge in [0.2, 0.25) is 5.91 Å². The van der Waals surface area contributed by atoms with Gasteiger partial charge in [0.05, 0.1) is 0 Å². The van der Waals surface area contributed by atoms with Crippen molar-refractivity contribution < 1.29 is 4.79 Å². The fourth-order valence-electron chi connectivity index (χ4n) is 2.29. The molecule has 0 aliphatic rings. The average molecular weight is 320 g/mol. The van der Waals surface area contributed by atoms with Crippen molar-refractivity contribution in [2.75, 3.05) is 23.8 Å². The van der Waals surface area contributed by atoms with Crippen LogP contribution in [0.15, 0.2) is 61.2 Å². The van der Waals surface area contributed by atoms with Crippen LogP contribution in [-0.2, 0) is 4.79 Å². The highest BCUT2D eigenvalue weighted by atomic mass is 16.1. The second-order valence-electron chi connectivity index (χ2n) is 5.72. The molecule has 24 heavy (non-hydrogen) atoms. The number of amides is 1. The fourth-order valence-corrected chi connectivity index (χ4v) is 2.29. The second-order valence-corrected chi connectivity index (χ2v) is 5.72. The largest absolute Gasteiger partial charge is 0.375 e. The Hall–Kier alpha value is -2.81. The Kier molecular flexibility index (Phi) is 5.96. The topological polar surface area (TPSA) is 32.3 Å². The van der Waals surface area contributed by atoms with Crippen molar-refractivity contribution in [3.63, 3.8) is 0 Å². The summed E-state index contributed by atoms with van der Waals surface area (Å²) < 4.78 is 0. The first-order chi connectivity index (χ1) is 11.5. The molecule has 1 amide bonds. The number of benzene rings is 2. The van der Waals surface area contributed by atoms with Crippen LogP contribution in [0.5, 0.6) is 0 Å². The lowest BCUT2D eigenvalue weighted by molar-refractivity contribution is -0.114. The molecule has 3 heteroatoms. The fraction of sp³-hybridized carbons (Fsp3) is 0.190. The lowest BCUT2D eigenvalue weighted by Gasteiger charge is -2.16. The van der Waals surface area contributed by atoms with Crippen LogP contribution in [0, 0.1) is 0 Å². The summed E-state index contributed by atoms with van der Waals surface area (Å²) in [6.45, 7) is 8.73. The Balaban J connectivity index is 2.03. The molecule has 0 aromatic heterocycles. The Morgan fingerprint density at radius 3 is 2.29 bits per heavy atom. The van der Waals surface area contributed by atoms with Crippen molar-refractivity contribution in [3.05, 3.63) is 72.3 Å². The van der Waals surface area contributed by atoms with E-state index in [4.69, 9.17) is 0 Å². The summed E-state index contributed by atoms with van der Waals surface area (Å²) in [5.74, 6) is -0.0707. The number of rotatable bonds is 6. The zero-order valence-electron chi connectivity index (χ0n) is 14.5. The van der Waals surface area contributed by atoms with Gasteiger partial charge in [-0.15, -0.1) is 0 Å². The molecule has 0 unspecified atom stereocenters. The Morgan fingerprint density at radius 2 is 1.75 bits per heavy atom. The maximum absolute atomic E-state index is 11.0. The molecule has 0 heterocycles. The third kappa shape index (κ3) is 4.85. The standard InChI is InChI=1S/C21H24N2O/c1-5-23(4)21-14-8-18(9-15-21)7-6-16(2)19-10-12-20(13-11-19)22-17(3)24/h6-15H,2,5H2,1,3-4H3,(H,22,24)/b7-6+. The zero-order valence-corrected chi connectivity index (χ0v) is 14.5. The van der Waals surface area contributed by atoms with Gasteiger partial charge >= 0.3 is 0 Å². The SMILES string of the molecule is C=C(/C=C/c1ccc(N(C)CC)cc1)c1ccc(NC(C)=O)cc1. The lowest BCUT2D eigenvalue weighted by Crippen LogP contribution is -2.15. The second kappa shape index (κ2) is 8.16. The van der Waals surface area contributed by atoms with Gasteiger partial charge in [0.1, 0.15) is 0 Å². The van der Waals surface area contributed by atoms with Gasteiger partial charge in [-0.3, -0.25) is 4.79 Å². The molecule has 0 aliphatic heterocycles. The van der Waals surface area contributed by atoms with Crippen LogP contribution in [0.2, 0.25) is 0 Å². The predicted octanol–water partition coefficient (Wildman–Crippen LogP) is 4.83. The molecule has 0 saturated carbocycles. The highest BCUT2D eigenvalue weighted by Gasteiger charge is 1.99. The van der Waals surface area contributed by atoms with Crippen molar-refractivity contribution in [2.24, 2.45) is 0 Å². The van der Waals surface area contributed by atoms with Gasteiger partial charge in [-0.1, -0.05) is 43.0 Å². The number of hydrogen-bond acceptors (Lipinski definition) is 2. The van der Waals surface area contributed by atoms with Crippen molar-refractivity contribution in [2.45, 2.75) is 13.8 Å². The van der Waals surface area contributed by atoms with E-state index in [9.17, 15) is 4.79 Å². The maximum atomic E-state index is 11.0. The minimum Gasteiger partial charge on any atom is -0.375 e. The molecule has 0 aliphatic carbocycles. The van der Waals surface area contributed by atoms with E-state index >= 15 is 0 Å². The molecule has 0 saturated heterocycles. The molecular formula is C21H24N2O. The van der Waals surface area contributed by atoms with E-state index in [-0.39, 0.29) is 5.91 Å². The first-order valence-corrected chi connectivity index (χ1v) is 8.06. The highest BCUT2D eigenvalue weighted by molar-refractivity contribution is 5.89. The van der Waals surface area contributed by atoms with E-state index in [1.54, 1.807) is 0 Å². The first kappa shape index (κ1) is 17.5. The van der Waals surface area contributed by atoms with Crippen molar-refractivity contribution >= 4 is 28.9 Å². The minimum atomic E-state index is -0.0707. The van der Waals surface area contributed by atoms with E-state index in [2.05, 4.69) is 61.1 Å². The molecule has 0 radical (unpaired) electrons. The number of anilines is 2. The van der Waals surface area contributed by atoms with Crippen molar-refractivity contribution in [1.82, 2.24) is 0 Å². The molecule has 2 aromatic rings. The van der Waals surface area contributed by atoms with Crippen molar-refractivity contribution in [3.8, 4) is 0 Å². The van der Waals surface area contributed by atoms with Crippen LogP contribution in [0.3, 0.4) is 0 Å². The number of nitrogens with one attached hydrogen (secondary N) is 1. The van der Waals surface area contributed by atoms with Crippen molar-refractivity contribution in [1.29, 1.82) is 0 Å². The Labute approximate surface area is 144 Å². The normalized spacial score (nSPS) is 10.6. The molecular weight excluding hydrogens is 296 g/mol. The van der Waals surface area contributed by atoms with Gasteiger partial charge in [-0.2, -0.15) is 0 Å². The summed E-state index contributed by atoms with van der Waals surface area (Å²) in [7, 11) is 2.08. The van der Waals surface area contributed by atoms with Crippen LogP contribution < -0.4 is 10.2 Å². The quantitative estimate of drug-likeness (QED) is 0.773. The van der Waals surface area contributed by atoms with E-state index < -0.39 is 0 Å². The molecule has 2 aromatic carbocycles. The minimum absolute atomic E-state index is 0.0707. The molecule has 0 fully saturated rings. The van der Waals surface area contributed by atoms with Gasteiger partial charge in [0.25, 0.3) is 0 Å². The van der Waals surface area contributed by atoms with Crippen LogP contribution in [0.25, 0.3) is 11.6 Å². The Morgan fingerprint density at radius 1 is 1.12 bits per heavy atom. The number of hydrogen-bond donors (Lipinski definition) is 1. The molecule has 2 rings (SSSR count). The lowest BCUT2D eigenvalue weighted by atomic mass is 10.1. The number of nitrogens with zero attached hydrogens (tertiary/aromatic N) is 1. The summed E-state index contributed by atoms with van der Waals surface area (Å²) in [4.78, 5) is 13.2. The Bertz CT molecular complexity index is 727. The van der Waals surface area contributed by atoms with Crippen LogP contribution >= 0.6 is 0 Å². The van der Waals surface area contributed by atoms with E-state index in [1.165, 1.54) is 12.6 Å². The van der Waals surface area contributed by atoms with Crippen LogP contribution in [0.1, 0.15) is 25.0 Å². The van der Waals surface area contributed by atoms with Crippen LogP contribution in [0.4, 0.5) is 11.4 Å². The van der Waals surface area contributed by atoms with Gasteiger partial charge in [0.15, 0.2) is 0 Å². The summed E-state index contributed by atoms with van der Waals surface area (Å²) in [6.07, 6.45) is 4.06. The number of allylic oxidation sites excluding steroid dienone is 2. The highest BCUT2D eigenvalue weighted by Crippen LogP contribution is 2.19. The van der Waals surface area contributed by atoms with Gasteiger partial charge < -0.3 is 10.2 Å². The molecule has 1 N–H and O–H groups in total. The first-order valence-electron chi connectivity index (χ1n) is 8.06. The monoisotopic (exact) mass is 320 g/mol. The molecule has 0 spiro atoms. The van der Waals surface area contributed by atoms with E-state index in [0.717, 1.165) is 28.9 Å². The zero-order chi connectivity index (χ0) is 17.5. The number of carbonyl (C=O) groups excluding carboxylic acids is 1. The van der Waals surface area contributed by atoms with Gasteiger partial charge in [0, 0.05) is 31.9 Å². The molecule has 124 valence electrons.